The number of amides is 1. The summed E-state index contributed by atoms with van der Waals surface area (Å²) in [5.41, 5.74) is 0. The van der Waals surface area contributed by atoms with Gasteiger partial charge in [0.05, 0.1) is 6.61 Å². The third-order valence-corrected chi connectivity index (χ3v) is 4.16. The highest BCUT2D eigenvalue weighted by Gasteiger charge is 2.40. The van der Waals surface area contributed by atoms with Gasteiger partial charge in [0, 0.05) is 19.6 Å². The van der Waals surface area contributed by atoms with E-state index in [1.54, 1.807) is 7.11 Å². The molecule has 2 saturated carbocycles. The highest BCUT2D eigenvalue weighted by molar-refractivity contribution is 5.76. The van der Waals surface area contributed by atoms with Crippen molar-refractivity contribution in [3.8, 4) is 0 Å². The van der Waals surface area contributed by atoms with Crippen molar-refractivity contribution in [1.29, 1.82) is 0 Å². The van der Waals surface area contributed by atoms with Crippen molar-refractivity contribution in [2.45, 2.75) is 45.1 Å². The molecular formula is C13H23NO2. The average molecular weight is 225 g/mol. The normalized spacial score (nSPS) is 34.0. The molecule has 2 fully saturated rings. The van der Waals surface area contributed by atoms with E-state index in [0.717, 1.165) is 18.3 Å². The van der Waals surface area contributed by atoms with Gasteiger partial charge >= 0.3 is 0 Å². The van der Waals surface area contributed by atoms with Gasteiger partial charge in [-0.3, -0.25) is 4.79 Å². The zero-order chi connectivity index (χ0) is 11.5. The van der Waals surface area contributed by atoms with E-state index < -0.39 is 0 Å². The minimum absolute atomic E-state index is 0.135. The number of nitrogens with one attached hydrogen (secondary N) is 1. The number of carbonyl (C=O) groups is 1. The Balaban J connectivity index is 1.71. The highest BCUT2D eigenvalue weighted by Crippen LogP contribution is 2.49. The molecule has 0 heterocycles. The molecule has 92 valence electrons. The van der Waals surface area contributed by atoms with Crippen LogP contribution in [0.5, 0.6) is 0 Å². The van der Waals surface area contributed by atoms with Crippen molar-refractivity contribution >= 4 is 5.91 Å². The molecule has 2 aliphatic rings. The predicted molar refractivity (Wildman–Crippen MR) is 63.0 cm³/mol. The van der Waals surface area contributed by atoms with Crippen molar-refractivity contribution in [1.82, 2.24) is 5.32 Å². The van der Waals surface area contributed by atoms with Gasteiger partial charge in [0.1, 0.15) is 0 Å². The Morgan fingerprint density at radius 1 is 1.44 bits per heavy atom. The molecule has 0 radical (unpaired) electrons. The minimum Gasteiger partial charge on any atom is -0.383 e. The van der Waals surface area contributed by atoms with Crippen LogP contribution in [0.25, 0.3) is 0 Å². The second kappa shape index (κ2) is 5.17. The molecular weight excluding hydrogens is 202 g/mol. The van der Waals surface area contributed by atoms with Crippen LogP contribution < -0.4 is 5.32 Å². The molecule has 2 aliphatic carbocycles. The van der Waals surface area contributed by atoms with E-state index in [2.05, 4.69) is 5.32 Å². The quantitative estimate of drug-likeness (QED) is 0.777. The molecule has 1 amide bonds. The van der Waals surface area contributed by atoms with Crippen LogP contribution in [0.1, 0.15) is 39.0 Å². The summed E-state index contributed by atoms with van der Waals surface area (Å²) in [6, 6.07) is 0.135. The summed E-state index contributed by atoms with van der Waals surface area (Å²) >= 11 is 0. The molecule has 4 atom stereocenters. The lowest BCUT2D eigenvalue weighted by Crippen LogP contribution is -2.37. The molecule has 0 aliphatic heterocycles. The van der Waals surface area contributed by atoms with Gasteiger partial charge in [0.15, 0.2) is 0 Å². The fourth-order valence-corrected chi connectivity index (χ4v) is 3.49. The maximum Gasteiger partial charge on any atom is 0.220 e. The van der Waals surface area contributed by atoms with Crippen LogP contribution in [0.4, 0.5) is 0 Å². The number of rotatable bonds is 5. The fourth-order valence-electron chi connectivity index (χ4n) is 3.49. The fraction of sp³-hybridized carbons (Fsp3) is 0.923. The van der Waals surface area contributed by atoms with Crippen molar-refractivity contribution in [3.63, 3.8) is 0 Å². The topological polar surface area (TPSA) is 38.3 Å². The van der Waals surface area contributed by atoms with Gasteiger partial charge in [-0.2, -0.15) is 0 Å². The Morgan fingerprint density at radius 3 is 2.81 bits per heavy atom. The second-order valence-electron chi connectivity index (χ2n) is 5.56. The maximum absolute atomic E-state index is 11.8. The van der Waals surface area contributed by atoms with E-state index in [4.69, 9.17) is 4.74 Å². The van der Waals surface area contributed by atoms with Crippen LogP contribution in [0, 0.1) is 17.8 Å². The summed E-state index contributed by atoms with van der Waals surface area (Å²) in [7, 11) is 1.67. The van der Waals surface area contributed by atoms with Gasteiger partial charge in [0.2, 0.25) is 5.91 Å². The molecule has 1 N–H and O–H groups in total. The molecule has 0 aromatic heterocycles. The first-order valence-electron chi connectivity index (χ1n) is 6.47. The maximum atomic E-state index is 11.8. The van der Waals surface area contributed by atoms with E-state index in [1.807, 2.05) is 6.92 Å². The first-order valence-corrected chi connectivity index (χ1v) is 6.47. The van der Waals surface area contributed by atoms with Crippen LogP contribution in [0.3, 0.4) is 0 Å². The number of hydrogen-bond acceptors (Lipinski definition) is 2. The number of fused-ring (bicyclic) bond motifs is 2. The Morgan fingerprint density at radius 2 is 2.25 bits per heavy atom. The predicted octanol–water partition coefficient (Wildman–Crippen LogP) is 1.96. The summed E-state index contributed by atoms with van der Waals surface area (Å²) in [5, 5.41) is 3.00. The zero-order valence-corrected chi connectivity index (χ0v) is 10.4. The van der Waals surface area contributed by atoms with E-state index >= 15 is 0 Å². The van der Waals surface area contributed by atoms with Gasteiger partial charge in [-0.25, -0.2) is 0 Å². The Bertz CT molecular complexity index is 254. The van der Waals surface area contributed by atoms with Gasteiger partial charge in [-0.05, 0) is 43.9 Å². The Hall–Kier alpha value is -0.570. The molecule has 0 spiro atoms. The van der Waals surface area contributed by atoms with E-state index in [-0.39, 0.29) is 11.9 Å². The molecule has 2 bridgehead atoms. The average Bonchev–Trinajstić information content (AvgIpc) is 2.78. The van der Waals surface area contributed by atoms with Crippen LogP contribution in [0.2, 0.25) is 0 Å². The van der Waals surface area contributed by atoms with Gasteiger partial charge in [0.25, 0.3) is 0 Å². The Labute approximate surface area is 97.9 Å². The smallest absolute Gasteiger partial charge is 0.220 e. The first-order chi connectivity index (χ1) is 7.69. The summed E-state index contributed by atoms with van der Waals surface area (Å²) in [6.07, 6.45) is 6.16. The summed E-state index contributed by atoms with van der Waals surface area (Å²) in [4.78, 5) is 11.8. The van der Waals surface area contributed by atoms with E-state index in [0.29, 0.717) is 12.5 Å². The van der Waals surface area contributed by atoms with Gasteiger partial charge in [-0.1, -0.05) is 6.42 Å². The molecule has 0 aromatic rings. The summed E-state index contributed by atoms with van der Waals surface area (Å²) < 4.78 is 5.01. The van der Waals surface area contributed by atoms with Crippen molar-refractivity contribution in [3.05, 3.63) is 0 Å². The monoisotopic (exact) mass is 225 g/mol. The molecule has 4 unspecified atom stereocenters. The van der Waals surface area contributed by atoms with E-state index in [1.165, 1.54) is 25.7 Å². The van der Waals surface area contributed by atoms with E-state index in [9.17, 15) is 4.79 Å². The molecule has 0 aromatic carbocycles. The lowest BCUT2D eigenvalue weighted by molar-refractivity contribution is -0.123. The highest BCUT2D eigenvalue weighted by atomic mass is 16.5. The number of methoxy groups -OCH3 is 1. The molecule has 3 heteroatoms. The first kappa shape index (κ1) is 11.9. The number of ether oxygens (including phenoxy) is 1. The summed E-state index contributed by atoms with van der Waals surface area (Å²) in [6.45, 7) is 2.59. The largest absolute Gasteiger partial charge is 0.383 e. The van der Waals surface area contributed by atoms with Crippen molar-refractivity contribution < 1.29 is 9.53 Å². The summed E-state index contributed by atoms with van der Waals surface area (Å²) in [5.74, 6) is 2.64. The lowest BCUT2D eigenvalue weighted by atomic mass is 9.86. The number of carbonyl (C=O) groups excluding carboxylic acids is 1. The molecule has 3 nitrogen and oxygen atoms in total. The van der Waals surface area contributed by atoms with Crippen LogP contribution in [-0.2, 0) is 9.53 Å². The number of hydrogen-bond donors (Lipinski definition) is 1. The van der Waals surface area contributed by atoms with Crippen molar-refractivity contribution in [2.75, 3.05) is 13.7 Å². The third-order valence-electron chi connectivity index (χ3n) is 4.16. The minimum atomic E-state index is 0.135. The standard InChI is InChI=1S/C13H23NO2/c1-9(8-16-2)14-13(15)7-12-6-10-3-4-11(12)5-10/h9-12H,3-8H2,1-2H3,(H,14,15). The molecule has 0 saturated heterocycles. The Kier molecular flexibility index (Phi) is 3.85. The van der Waals surface area contributed by atoms with Crippen LogP contribution in [-0.4, -0.2) is 25.7 Å². The second-order valence-corrected chi connectivity index (χ2v) is 5.56. The van der Waals surface area contributed by atoms with Gasteiger partial charge < -0.3 is 10.1 Å². The third kappa shape index (κ3) is 2.76. The SMILES string of the molecule is COCC(C)NC(=O)CC1CC2CCC1C2. The molecule has 16 heavy (non-hydrogen) atoms. The lowest BCUT2D eigenvalue weighted by Gasteiger charge is -2.22. The van der Waals surface area contributed by atoms with Crippen LogP contribution in [0.15, 0.2) is 0 Å². The van der Waals surface area contributed by atoms with Gasteiger partial charge in [-0.15, -0.1) is 0 Å². The van der Waals surface area contributed by atoms with Crippen molar-refractivity contribution in [2.24, 2.45) is 17.8 Å². The molecule has 2 rings (SSSR count). The van der Waals surface area contributed by atoms with Crippen LogP contribution >= 0.6 is 0 Å². The zero-order valence-electron chi connectivity index (χ0n) is 10.4.